The summed E-state index contributed by atoms with van der Waals surface area (Å²) < 4.78 is 0. The van der Waals surface area contributed by atoms with E-state index in [4.69, 9.17) is 10.2 Å². The first-order chi connectivity index (χ1) is 2.81. The Morgan fingerprint density at radius 3 is 2.33 bits per heavy atom. The van der Waals surface area contributed by atoms with Gasteiger partial charge in [0, 0.05) is 5.18 Å². The summed E-state index contributed by atoms with van der Waals surface area (Å²) in [7, 11) is 0. The number of nitroso groups, excluding NO2 is 1. The normalized spacial score (nSPS) is 5.83. The maximum Gasteiger partial charge on any atom is 0.385 e. The molecule has 0 fully saturated rings. The fourth-order valence-electron chi connectivity index (χ4n) is 0.0204. The van der Waals surface area contributed by atoms with E-state index in [-0.39, 0.29) is 0 Å². The molecule has 0 aromatic rings. The van der Waals surface area contributed by atoms with Crippen LogP contribution in [-0.4, -0.2) is 5.91 Å². The van der Waals surface area contributed by atoms with Gasteiger partial charge in [-0.15, -0.1) is 4.91 Å². The number of carbonyl (C=O) groups is 1. The zero-order valence-corrected chi connectivity index (χ0v) is 2.71. The van der Waals surface area contributed by atoms with Crippen LogP contribution in [0.4, 0.5) is 0 Å². The minimum Gasteiger partial charge on any atom is -0.251 e. The molecular formula is C2N2O2. The third-order valence-electron chi connectivity index (χ3n) is 0.179. The molecule has 0 aromatic heterocycles. The van der Waals surface area contributed by atoms with Crippen molar-refractivity contribution in [1.29, 1.82) is 5.26 Å². The van der Waals surface area contributed by atoms with Crippen molar-refractivity contribution in [2.24, 2.45) is 5.18 Å². The molecule has 6 heavy (non-hydrogen) atoms. The summed E-state index contributed by atoms with van der Waals surface area (Å²) in [5.74, 6) is -1.28. The number of amides is 1. The van der Waals surface area contributed by atoms with E-state index in [1.807, 2.05) is 0 Å². The summed E-state index contributed by atoms with van der Waals surface area (Å²) in [5.41, 5.74) is 0. The largest absolute Gasteiger partial charge is 0.385 e. The van der Waals surface area contributed by atoms with Crippen LogP contribution in [0.2, 0.25) is 0 Å². The Balaban J connectivity index is 3.63. The first kappa shape index (κ1) is 4.76. The van der Waals surface area contributed by atoms with Gasteiger partial charge in [-0.2, -0.15) is 5.26 Å². The highest BCUT2D eigenvalue weighted by Gasteiger charge is 1.89. The van der Waals surface area contributed by atoms with Crippen molar-refractivity contribution in [3.63, 3.8) is 0 Å². The number of hydrogen-bond donors (Lipinski definition) is 0. The molecule has 0 rings (SSSR count). The predicted molar refractivity (Wildman–Crippen MR) is 16.4 cm³/mol. The van der Waals surface area contributed by atoms with Crippen LogP contribution in [0.15, 0.2) is 5.18 Å². The van der Waals surface area contributed by atoms with Crippen LogP contribution in [0.25, 0.3) is 0 Å². The molecule has 0 aliphatic carbocycles. The molecular weight excluding hydrogens is 84.0 g/mol. The highest BCUT2D eigenvalue weighted by molar-refractivity contribution is 5.91. The average molecular weight is 84.0 g/mol. The lowest BCUT2D eigenvalue weighted by atomic mass is 10.7. The van der Waals surface area contributed by atoms with Crippen LogP contribution in [0, 0.1) is 16.2 Å². The molecule has 0 bridgehead atoms. The van der Waals surface area contributed by atoms with Gasteiger partial charge in [0.25, 0.3) is 0 Å². The highest BCUT2D eigenvalue weighted by Crippen LogP contribution is 1.62. The van der Waals surface area contributed by atoms with Gasteiger partial charge in [-0.1, -0.05) is 0 Å². The number of carbonyl (C=O) groups excluding carboxylic acids is 1. The van der Waals surface area contributed by atoms with Crippen LogP contribution in [0.3, 0.4) is 0 Å². The summed E-state index contributed by atoms with van der Waals surface area (Å²) >= 11 is 0. The Bertz CT molecular complexity index is 111. The van der Waals surface area contributed by atoms with Crippen molar-refractivity contribution >= 4 is 5.91 Å². The SMILES string of the molecule is N#CC(=O)N=O. The predicted octanol–water partition coefficient (Wildman–Crippen LogP) is -0.197. The first-order valence-corrected chi connectivity index (χ1v) is 1.08. The van der Waals surface area contributed by atoms with Gasteiger partial charge in [0.15, 0.2) is 6.07 Å². The fourth-order valence-corrected chi connectivity index (χ4v) is 0.0204. The van der Waals surface area contributed by atoms with Crippen molar-refractivity contribution in [1.82, 2.24) is 0 Å². The molecule has 0 spiro atoms. The molecule has 0 aliphatic heterocycles. The maximum atomic E-state index is 9.34. The van der Waals surface area contributed by atoms with E-state index in [1.54, 1.807) is 5.18 Å². The van der Waals surface area contributed by atoms with Gasteiger partial charge >= 0.3 is 5.91 Å². The zero-order valence-electron chi connectivity index (χ0n) is 2.71. The summed E-state index contributed by atoms with van der Waals surface area (Å²) in [5, 5.41) is 9.20. The number of hydrogen-bond acceptors (Lipinski definition) is 3. The number of nitriles is 1. The first-order valence-electron chi connectivity index (χ1n) is 1.08. The summed E-state index contributed by atoms with van der Waals surface area (Å²) in [6.45, 7) is 0. The molecule has 0 unspecified atom stereocenters. The number of nitrogens with zero attached hydrogens (tertiary/aromatic N) is 2. The van der Waals surface area contributed by atoms with Gasteiger partial charge in [-0.3, -0.25) is 4.79 Å². The van der Waals surface area contributed by atoms with E-state index in [2.05, 4.69) is 0 Å². The van der Waals surface area contributed by atoms with Crippen LogP contribution < -0.4 is 0 Å². The third-order valence-corrected chi connectivity index (χ3v) is 0.179. The van der Waals surface area contributed by atoms with Gasteiger partial charge in [0.2, 0.25) is 0 Å². The molecule has 0 aromatic carbocycles. The van der Waals surface area contributed by atoms with Gasteiger partial charge in [0.05, 0.1) is 0 Å². The molecule has 0 N–H and O–H groups in total. The molecule has 1 amide bonds. The Morgan fingerprint density at radius 2 is 2.33 bits per heavy atom. The van der Waals surface area contributed by atoms with Crippen molar-refractivity contribution in [2.75, 3.05) is 0 Å². The smallest absolute Gasteiger partial charge is 0.251 e. The molecule has 30 valence electrons. The fraction of sp³-hybridized carbons (Fsp3) is 0. The van der Waals surface area contributed by atoms with E-state index in [9.17, 15) is 4.79 Å². The van der Waals surface area contributed by atoms with Gasteiger partial charge in [-0.25, -0.2) is 0 Å². The van der Waals surface area contributed by atoms with Crippen LogP contribution in [0.1, 0.15) is 0 Å². The molecule has 0 radical (unpaired) electrons. The molecule has 0 saturated carbocycles. The lowest BCUT2D eigenvalue weighted by Gasteiger charge is -1.53. The van der Waals surface area contributed by atoms with E-state index in [0.29, 0.717) is 0 Å². The van der Waals surface area contributed by atoms with Crippen molar-refractivity contribution < 1.29 is 4.79 Å². The van der Waals surface area contributed by atoms with E-state index in [1.165, 1.54) is 0 Å². The van der Waals surface area contributed by atoms with E-state index in [0.717, 1.165) is 6.07 Å². The van der Waals surface area contributed by atoms with Gasteiger partial charge in [-0.05, 0) is 0 Å². The second-order valence-corrected chi connectivity index (χ2v) is 0.508. The van der Waals surface area contributed by atoms with E-state index >= 15 is 0 Å². The quantitative estimate of drug-likeness (QED) is 0.301. The minimum absolute atomic E-state index is 0.997. The second kappa shape index (κ2) is 2.03. The van der Waals surface area contributed by atoms with Crippen molar-refractivity contribution in [3.8, 4) is 6.07 Å². The second-order valence-electron chi connectivity index (χ2n) is 0.508. The van der Waals surface area contributed by atoms with Gasteiger partial charge < -0.3 is 0 Å². The molecule has 0 saturated heterocycles. The Kier molecular flexibility index (Phi) is 1.61. The third kappa shape index (κ3) is 1.12. The molecule has 0 atom stereocenters. The Morgan fingerprint density at radius 1 is 1.83 bits per heavy atom. The average Bonchev–Trinajstić information content (AvgIpc) is 1.65. The molecule has 4 heteroatoms. The van der Waals surface area contributed by atoms with Crippen LogP contribution in [0.5, 0.6) is 0 Å². The van der Waals surface area contributed by atoms with Crippen molar-refractivity contribution in [2.45, 2.75) is 0 Å². The topological polar surface area (TPSA) is 70.3 Å². The zero-order chi connectivity index (χ0) is 4.99. The van der Waals surface area contributed by atoms with Crippen LogP contribution in [-0.2, 0) is 4.79 Å². The van der Waals surface area contributed by atoms with Crippen molar-refractivity contribution in [3.05, 3.63) is 4.91 Å². The Labute approximate surface area is 33.4 Å². The lowest BCUT2D eigenvalue weighted by Crippen LogP contribution is -1.79. The molecule has 0 heterocycles. The lowest BCUT2D eigenvalue weighted by molar-refractivity contribution is -0.112. The number of rotatable bonds is 0. The Hall–Kier alpha value is -1.24. The minimum atomic E-state index is -1.28. The molecule has 4 nitrogen and oxygen atoms in total. The monoisotopic (exact) mass is 84.0 g/mol. The standard InChI is InChI=1S/C2N2O2/c3-1-2(5)4-6. The van der Waals surface area contributed by atoms with Gasteiger partial charge in [0.1, 0.15) is 0 Å². The summed E-state index contributed by atoms with van der Waals surface area (Å²) in [4.78, 5) is 18.3. The maximum absolute atomic E-state index is 9.34. The van der Waals surface area contributed by atoms with E-state index < -0.39 is 5.91 Å². The summed E-state index contributed by atoms with van der Waals surface area (Å²) in [6.07, 6.45) is 0. The summed E-state index contributed by atoms with van der Waals surface area (Å²) in [6, 6.07) is 0.997. The molecule has 0 aliphatic rings. The highest BCUT2D eigenvalue weighted by atomic mass is 16.3. The van der Waals surface area contributed by atoms with Crippen LogP contribution >= 0.6 is 0 Å².